The normalized spacial score (nSPS) is 15.7. The molecule has 78 valence electrons. The van der Waals surface area contributed by atoms with E-state index in [-0.39, 0.29) is 0 Å². The topological polar surface area (TPSA) is 9.23 Å². The van der Waals surface area contributed by atoms with E-state index in [1.54, 1.807) is 0 Å². The van der Waals surface area contributed by atoms with Gasteiger partial charge in [0.1, 0.15) is 5.75 Å². The van der Waals surface area contributed by atoms with Crippen molar-refractivity contribution in [1.29, 1.82) is 0 Å². The molecule has 0 aromatic heterocycles. The molecule has 0 heterocycles. The maximum atomic E-state index is 8.19. The third kappa shape index (κ3) is 3.82. The molecule has 0 saturated carbocycles. The van der Waals surface area contributed by atoms with Crippen LogP contribution in [0.3, 0.4) is 0 Å². The Morgan fingerprint density at radius 1 is 1.29 bits per heavy atom. The van der Waals surface area contributed by atoms with Crippen LogP contribution in [0.2, 0.25) is 0 Å². The minimum Gasteiger partial charge on any atom is -0.490 e. The van der Waals surface area contributed by atoms with Crippen molar-refractivity contribution in [2.24, 2.45) is 0 Å². The van der Waals surface area contributed by atoms with E-state index in [1.807, 2.05) is 37.3 Å². The number of hydrogen-bond donors (Lipinski definition) is 0. The van der Waals surface area contributed by atoms with Gasteiger partial charge in [-0.05, 0) is 25.0 Å². The minimum atomic E-state index is -0.753. The summed E-state index contributed by atoms with van der Waals surface area (Å²) >= 11 is 0. The second kappa shape index (κ2) is 6.47. The second-order valence-corrected chi connectivity index (χ2v) is 3.41. The van der Waals surface area contributed by atoms with Gasteiger partial charge < -0.3 is 4.74 Å². The number of para-hydroxylation sites is 1. The first-order chi connectivity index (χ1) is 7.20. The van der Waals surface area contributed by atoms with Crippen LogP contribution in [0.25, 0.3) is 0 Å². The predicted molar refractivity (Wildman–Crippen MR) is 60.7 cm³/mol. The zero-order valence-corrected chi connectivity index (χ0v) is 9.12. The Morgan fingerprint density at radius 2 is 2.00 bits per heavy atom. The van der Waals surface area contributed by atoms with Gasteiger partial charge in [0.2, 0.25) is 0 Å². The highest BCUT2D eigenvalue weighted by Crippen LogP contribution is 2.15. The summed E-state index contributed by atoms with van der Waals surface area (Å²) in [7, 11) is 0. The van der Waals surface area contributed by atoms with Gasteiger partial charge in [0.25, 0.3) is 0 Å². The lowest BCUT2D eigenvalue weighted by atomic mass is 10.1. The molecule has 14 heavy (non-hydrogen) atoms. The molecule has 0 aliphatic rings. The third-order valence-electron chi connectivity index (χ3n) is 2.21. The van der Waals surface area contributed by atoms with E-state index in [1.165, 1.54) is 0 Å². The SMILES string of the molecule is [2H]C(CC)(CCCC)Oc1ccccc1. The minimum absolute atomic E-state index is 0.724. The molecule has 1 atom stereocenters. The van der Waals surface area contributed by atoms with Crippen LogP contribution < -0.4 is 4.74 Å². The molecular weight excluding hydrogens is 172 g/mol. The Kier molecular flexibility index (Phi) is 4.42. The molecule has 1 unspecified atom stereocenters. The Morgan fingerprint density at radius 3 is 2.57 bits per heavy atom. The van der Waals surface area contributed by atoms with Crippen molar-refractivity contribution >= 4 is 0 Å². The number of benzene rings is 1. The van der Waals surface area contributed by atoms with Crippen molar-refractivity contribution in [3.05, 3.63) is 30.3 Å². The van der Waals surface area contributed by atoms with Crippen LogP contribution in [0.5, 0.6) is 5.75 Å². The largest absolute Gasteiger partial charge is 0.490 e. The molecule has 0 aliphatic carbocycles. The summed E-state index contributed by atoms with van der Waals surface area (Å²) in [5.41, 5.74) is 0. The van der Waals surface area contributed by atoms with Crippen LogP contribution in [-0.2, 0) is 0 Å². The average molecular weight is 193 g/mol. The van der Waals surface area contributed by atoms with Gasteiger partial charge >= 0.3 is 0 Å². The zero-order chi connectivity index (χ0) is 11.1. The summed E-state index contributed by atoms with van der Waals surface area (Å²) in [6, 6.07) is 9.64. The van der Waals surface area contributed by atoms with Gasteiger partial charge in [-0.1, -0.05) is 44.9 Å². The molecule has 1 nitrogen and oxygen atoms in total. The average Bonchev–Trinajstić information content (AvgIpc) is 2.28. The third-order valence-corrected chi connectivity index (χ3v) is 2.21. The lowest BCUT2D eigenvalue weighted by Crippen LogP contribution is -2.14. The van der Waals surface area contributed by atoms with Crippen molar-refractivity contribution < 1.29 is 6.11 Å². The molecule has 1 aromatic rings. The smallest absolute Gasteiger partial charge is 0.119 e. The van der Waals surface area contributed by atoms with Crippen LogP contribution in [0.1, 0.15) is 40.9 Å². The predicted octanol–water partition coefficient (Wildman–Crippen LogP) is 4.03. The Labute approximate surface area is 88.5 Å². The molecule has 1 aromatic carbocycles. The van der Waals surface area contributed by atoms with Crippen molar-refractivity contribution in [3.8, 4) is 5.75 Å². The molecular formula is C13H20O. The molecule has 0 radical (unpaired) electrons. The Bertz CT molecular complexity index is 273. The zero-order valence-electron chi connectivity index (χ0n) is 10.1. The van der Waals surface area contributed by atoms with E-state index in [0.717, 1.165) is 31.4 Å². The van der Waals surface area contributed by atoms with E-state index in [4.69, 9.17) is 6.11 Å². The number of unbranched alkanes of at least 4 members (excludes halogenated alkanes) is 1. The fraction of sp³-hybridized carbons (Fsp3) is 0.538. The van der Waals surface area contributed by atoms with Gasteiger partial charge in [-0.2, -0.15) is 0 Å². The van der Waals surface area contributed by atoms with Crippen LogP contribution in [0.4, 0.5) is 0 Å². The lowest BCUT2D eigenvalue weighted by Gasteiger charge is -2.16. The van der Waals surface area contributed by atoms with Crippen LogP contribution in [0.15, 0.2) is 30.3 Å². The summed E-state index contributed by atoms with van der Waals surface area (Å²) < 4.78 is 13.9. The van der Waals surface area contributed by atoms with Crippen molar-refractivity contribution in [2.45, 2.75) is 45.6 Å². The molecule has 0 bridgehead atoms. The molecule has 0 N–H and O–H groups in total. The maximum Gasteiger partial charge on any atom is 0.119 e. The highest BCUT2D eigenvalue weighted by molar-refractivity contribution is 5.21. The molecule has 0 amide bonds. The van der Waals surface area contributed by atoms with E-state index < -0.39 is 6.08 Å². The first-order valence-electron chi connectivity index (χ1n) is 5.94. The summed E-state index contributed by atoms with van der Waals surface area (Å²) in [6.07, 6.45) is 2.93. The second-order valence-electron chi connectivity index (χ2n) is 3.41. The van der Waals surface area contributed by atoms with Gasteiger partial charge in [0.05, 0.1) is 7.45 Å². The van der Waals surface area contributed by atoms with Crippen LogP contribution >= 0.6 is 0 Å². The quantitative estimate of drug-likeness (QED) is 0.662. The molecule has 1 rings (SSSR count). The van der Waals surface area contributed by atoms with Gasteiger partial charge in [-0.25, -0.2) is 0 Å². The van der Waals surface area contributed by atoms with Gasteiger partial charge in [-0.3, -0.25) is 0 Å². The number of rotatable bonds is 6. The molecule has 0 aliphatic heterocycles. The first-order valence-corrected chi connectivity index (χ1v) is 5.44. The van der Waals surface area contributed by atoms with Crippen molar-refractivity contribution in [3.63, 3.8) is 0 Å². The number of ether oxygens (including phenoxy) is 1. The summed E-state index contributed by atoms with van der Waals surface area (Å²) in [6.45, 7) is 4.14. The first kappa shape index (κ1) is 9.57. The van der Waals surface area contributed by atoms with Gasteiger partial charge in [-0.15, -0.1) is 0 Å². The molecule has 0 saturated heterocycles. The summed E-state index contributed by atoms with van der Waals surface area (Å²) in [5.74, 6) is 0.797. The van der Waals surface area contributed by atoms with Gasteiger partial charge in [0, 0.05) is 0 Å². The molecule has 1 heteroatoms. The Balaban J connectivity index is 2.59. The van der Waals surface area contributed by atoms with E-state index in [0.29, 0.717) is 0 Å². The monoisotopic (exact) mass is 193 g/mol. The van der Waals surface area contributed by atoms with E-state index in [2.05, 4.69) is 6.92 Å². The summed E-state index contributed by atoms with van der Waals surface area (Å²) in [4.78, 5) is 0. The fourth-order valence-corrected chi connectivity index (χ4v) is 1.33. The van der Waals surface area contributed by atoms with Crippen LogP contribution in [-0.4, -0.2) is 6.08 Å². The number of hydrogen-bond acceptors (Lipinski definition) is 1. The van der Waals surface area contributed by atoms with E-state index in [9.17, 15) is 0 Å². The van der Waals surface area contributed by atoms with Gasteiger partial charge in [0.15, 0.2) is 0 Å². The Hall–Kier alpha value is -0.980. The standard InChI is InChI=1S/C13H20O/c1-3-5-9-12(4-2)14-13-10-7-6-8-11-13/h6-8,10-12H,3-5,9H2,1-2H3/i12D. The fourth-order valence-electron chi connectivity index (χ4n) is 1.33. The van der Waals surface area contributed by atoms with Crippen LogP contribution in [0, 0.1) is 0 Å². The lowest BCUT2D eigenvalue weighted by molar-refractivity contribution is 0.183. The van der Waals surface area contributed by atoms with Crippen molar-refractivity contribution in [1.82, 2.24) is 0 Å². The molecule has 0 fully saturated rings. The van der Waals surface area contributed by atoms with Crippen molar-refractivity contribution in [2.75, 3.05) is 0 Å². The highest BCUT2D eigenvalue weighted by atomic mass is 16.5. The molecule has 0 spiro atoms. The van der Waals surface area contributed by atoms with E-state index >= 15 is 0 Å². The maximum absolute atomic E-state index is 8.19. The highest BCUT2D eigenvalue weighted by Gasteiger charge is 2.06. The summed E-state index contributed by atoms with van der Waals surface area (Å²) in [5, 5.41) is 0.